The molecule has 1 aliphatic carbocycles. The highest BCUT2D eigenvalue weighted by Gasteiger charge is 2.42. The van der Waals surface area contributed by atoms with Gasteiger partial charge in [0.2, 0.25) is 0 Å². The summed E-state index contributed by atoms with van der Waals surface area (Å²) in [4.78, 5) is 0. The maximum absolute atomic E-state index is 13.9. The zero-order valence-corrected chi connectivity index (χ0v) is 11.5. The summed E-state index contributed by atoms with van der Waals surface area (Å²) in [5, 5.41) is 10.0. The van der Waals surface area contributed by atoms with Gasteiger partial charge in [-0.1, -0.05) is 6.42 Å². The Kier molecular flexibility index (Phi) is 4.04. The van der Waals surface area contributed by atoms with Crippen LogP contribution in [0.4, 0.5) is 8.78 Å². The van der Waals surface area contributed by atoms with Gasteiger partial charge in [0.1, 0.15) is 11.6 Å². The SMILES string of the molecule is NCC1(Cc2c(F)ccc(Br)c2F)CCCC1O. The quantitative estimate of drug-likeness (QED) is 0.841. The van der Waals surface area contributed by atoms with E-state index in [0.717, 1.165) is 6.42 Å². The van der Waals surface area contributed by atoms with Crippen LogP contribution in [0.25, 0.3) is 0 Å². The molecule has 0 amide bonds. The van der Waals surface area contributed by atoms with Crippen molar-refractivity contribution in [3.05, 3.63) is 33.8 Å². The van der Waals surface area contributed by atoms with Gasteiger partial charge in [-0.2, -0.15) is 0 Å². The number of nitrogens with two attached hydrogens (primary N) is 1. The number of halogens is 3. The highest BCUT2D eigenvalue weighted by Crippen LogP contribution is 2.41. The van der Waals surface area contributed by atoms with E-state index in [2.05, 4.69) is 15.9 Å². The van der Waals surface area contributed by atoms with Crippen LogP contribution in [0, 0.1) is 17.0 Å². The van der Waals surface area contributed by atoms with Crippen molar-refractivity contribution in [3.8, 4) is 0 Å². The number of aliphatic hydroxyl groups is 1. The van der Waals surface area contributed by atoms with Gasteiger partial charge in [0.15, 0.2) is 0 Å². The Balaban J connectivity index is 2.36. The number of rotatable bonds is 3. The van der Waals surface area contributed by atoms with E-state index in [1.54, 1.807) is 0 Å². The highest BCUT2D eigenvalue weighted by molar-refractivity contribution is 9.10. The zero-order valence-electron chi connectivity index (χ0n) is 9.93. The molecular formula is C13H16BrF2NO. The van der Waals surface area contributed by atoms with Gasteiger partial charge < -0.3 is 10.8 Å². The molecule has 1 aliphatic rings. The van der Waals surface area contributed by atoms with E-state index < -0.39 is 23.2 Å². The second-order valence-corrected chi connectivity index (χ2v) is 5.83. The molecule has 2 nitrogen and oxygen atoms in total. The second-order valence-electron chi connectivity index (χ2n) is 4.97. The van der Waals surface area contributed by atoms with E-state index in [4.69, 9.17) is 5.73 Å². The lowest BCUT2D eigenvalue weighted by Gasteiger charge is -2.31. The molecule has 0 heterocycles. The molecule has 1 saturated carbocycles. The van der Waals surface area contributed by atoms with Crippen LogP contribution in [-0.4, -0.2) is 17.8 Å². The molecule has 0 spiro atoms. The Bertz CT molecular complexity index is 455. The fourth-order valence-corrected chi connectivity index (χ4v) is 3.09. The number of hydrogen-bond acceptors (Lipinski definition) is 2. The zero-order chi connectivity index (χ0) is 13.3. The van der Waals surface area contributed by atoms with Gasteiger partial charge in [0.05, 0.1) is 10.6 Å². The molecule has 0 bridgehead atoms. The van der Waals surface area contributed by atoms with Gasteiger partial charge >= 0.3 is 0 Å². The van der Waals surface area contributed by atoms with Crippen LogP contribution in [0.1, 0.15) is 24.8 Å². The predicted molar refractivity (Wildman–Crippen MR) is 69.1 cm³/mol. The van der Waals surface area contributed by atoms with Gasteiger partial charge in [-0.3, -0.25) is 0 Å². The largest absolute Gasteiger partial charge is 0.392 e. The number of benzene rings is 1. The van der Waals surface area contributed by atoms with Crippen molar-refractivity contribution in [2.75, 3.05) is 6.54 Å². The topological polar surface area (TPSA) is 46.2 Å². The maximum atomic E-state index is 13.9. The summed E-state index contributed by atoms with van der Waals surface area (Å²) < 4.78 is 27.9. The molecule has 1 aromatic carbocycles. The molecule has 0 aromatic heterocycles. The molecule has 2 atom stereocenters. The standard InChI is InChI=1S/C13H16BrF2NO/c14-9-3-4-10(15)8(12(9)16)6-13(7-17)5-1-2-11(13)18/h3-4,11,18H,1-2,5-7,17H2. The Labute approximate surface area is 113 Å². The normalized spacial score (nSPS) is 27.7. The fourth-order valence-electron chi connectivity index (χ4n) is 2.72. The Morgan fingerprint density at radius 1 is 1.44 bits per heavy atom. The first-order valence-electron chi connectivity index (χ1n) is 6.01. The second kappa shape index (κ2) is 5.23. The van der Waals surface area contributed by atoms with Gasteiger partial charge in [-0.05, 0) is 47.3 Å². The molecule has 2 unspecified atom stereocenters. The summed E-state index contributed by atoms with van der Waals surface area (Å²) in [6, 6.07) is 2.57. The van der Waals surface area contributed by atoms with Gasteiger partial charge in [0.25, 0.3) is 0 Å². The van der Waals surface area contributed by atoms with Crippen LogP contribution >= 0.6 is 15.9 Å². The van der Waals surface area contributed by atoms with E-state index >= 15 is 0 Å². The lowest BCUT2D eigenvalue weighted by molar-refractivity contribution is 0.0576. The first-order chi connectivity index (χ1) is 8.50. The van der Waals surface area contributed by atoms with Crippen LogP contribution < -0.4 is 5.73 Å². The fraction of sp³-hybridized carbons (Fsp3) is 0.538. The van der Waals surface area contributed by atoms with Crippen LogP contribution in [0.3, 0.4) is 0 Å². The Hall–Kier alpha value is -0.520. The summed E-state index contributed by atoms with van der Waals surface area (Å²) in [6.45, 7) is 0.236. The van der Waals surface area contributed by atoms with Crippen molar-refractivity contribution in [1.82, 2.24) is 0 Å². The van der Waals surface area contributed by atoms with Crippen LogP contribution in [0.2, 0.25) is 0 Å². The van der Waals surface area contributed by atoms with E-state index in [1.807, 2.05) is 0 Å². The van der Waals surface area contributed by atoms with Crippen molar-refractivity contribution >= 4 is 15.9 Å². The average molecular weight is 320 g/mol. The van der Waals surface area contributed by atoms with E-state index in [1.165, 1.54) is 12.1 Å². The average Bonchev–Trinajstić information content (AvgIpc) is 2.72. The van der Waals surface area contributed by atoms with Crippen molar-refractivity contribution in [1.29, 1.82) is 0 Å². The molecule has 0 aliphatic heterocycles. The summed E-state index contributed by atoms with van der Waals surface area (Å²) in [5.74, 6) is -1.18. The van der Waals surface area contributed by atoms with Crippen molar-refractivity contribution in [2.24, 2.45) is 11.1 Å². The molecule has 1 fully saturated rings. The maximum Gasteiger partial charge on any atom is 0.143 e. The van der Waals surface area contributed by atoms with Gasteiger partial charge in [-0.25, -0.2) is 8.78 Å². The third-order valence-corrected chi connectivity index (χ3v) is 4.55. The number of hydrogen-bond donors (Lipinski definition) is 2. The molecule has 18 heavy (non-hydrogen) atoms. The van der Waals surface area contributed by atoms with E-state index in [9.17, 15) is 13.9 Å². The van der Waals surface area contributed by atoms with E-state index in [0.29, 0.717) is 12.8 Å². The molecule has 1 aromatic rings. The lowest BCUT2D eigenvalue weighted by atomic mass is 9.78. The summed E-state index contributed by atoms with van der Waals surface area (Å²) in [5.41, 5.74) is 5.14. The molecule has 0 saturated heterocycles. The number of aliphatic hydroxyl groups excluding tert-OH is 1. The van der Waals surface area contributed by atoms with E-state index in [-0.39, 0.29) is 23.0 Å². The minimum absolute atomic E-state index is 0.00998. The summed E-state index contributed by atoms with van der Waals surface area (Å²) in [6.07, 6.45) is 1.75. The third-order valence-electron chi connectivity index (χ3n) is 3.93. The smallest absolute Gasteiger partial charge is 0.143 e. The molecule has 100 valence electrons. The summed E-state index contributed by atoms with van der Waals surface area (Å²) >= 11 is 3.05. The predicted octanol–water partition coefficient (Wildman–Crippen LogP) is 2.76. The first-order valence-corrected chi connectivity index (χ1v) is 6.80. The molecule has 3 N–H and O–H groups in total. The third kappa shape index (κ3) is 2.31. The highest BCUT2D eigenvalue weighted by atomic mass is 79.9. The minimum Gasteiger partial charge on any atom is -0.392 e. The molecular weight excluding hydrogens is 304 g/mol. The minimum atomic E-state index is -0.595. The molecule has 2 rings (SSSR count). The van der Waals surface area contributed by atoms with Gasteiger partial charge in [0, 0.05) is 17.5 Å². The first kappa shape index (κ1) is 13.9. The lowest BCUT2D eigenvalue weighted by Crippen LogP contribution is -2.40. The molecule has 0 radical (unpaired) electrons. The summed E-state index contributed by atoms with van der Waals surface area (Å²) in [7, 11) is 0. The van der Waals surface area contributed by atoms with Crippen molar-refractivity contribution in [2.45, 2.75) is 31.8 Å². The Morgan fingerprint density at radius 3 is 2.72 bits per heavy atom. The van der Waals surface area contributed by atoms with Crippen molar-refractivity contribution < 1.29 is 13.9 Å². The van der Waals surface area contributed by atoms with Crippen LogP contribution in [0.15, 0.2) is 16.6 Å². The van der Waals surface area contributed by atoms with Crippen LogP contribution in [-0.2, 0) is 6.42 Å². The Morgan fingerprint density at radius 2 is 2.17 bits per heavy atom. The monoisotopic (exact) mass is 319 g/mol. The van der Waals surface area contributed by atoms with Gasteiger partial charge in [-0.15, -0.1) is 0 Å². The van der Waals surface area contributed by atoms with Crippen LogP contribution in [0.5, 0.6) is 0 Å². The molecule has 5 heteroatoms. The van der Waals surface area contributed by atoms with Crippen molar-refractivity contribution in [3.63, 3.8) is 0 Å².